The summed E-state index contributed by atoms with van der Waals surface area (Å²) in [5, 5.41) is 2.79. The van der Waals surface area contributed by atoms with Crippen LogP contribution >= 0.6 is 0 Å². The standard InChI is InChI=1S/C28H28N2O5/c1-18-7-11-23(12-8-18)35-24-13-9-22(10-14-24)30-16-21(15-26(30)32)28(33)34-17-25(31)29-27-19(2)5-4-6-20(27)3/h4-14,21H,15-17H2,1-3H3,(H,29,31)/t21-/m0/s1. The fourth-order valence-corrected chi connectivity index (χ4v) is 3.99. The molecule has 2 amide bonds. The van der Waals surface area contributed by atoms with E-state index in [-0.39, 0.29) is 18.9 Å². The lowest BCUT2D eigenvalue weighted by molar-refractivity contribution is -0.151. The molecule has 1 aliphatic heterocycles. The van der Waals surface area contributed by atoms with Crippen molar-refractivity contribution in [1.82, 2.24) is 0 Å². The van der Waals surface area contributed by atoms with Crippen LogP contribution in [0.15, 0.2) is 66.7 Å². The smallest absolute Gasteiger partial charge is 0.311 e. The zero-order chi connectivity index (χ0) is 24.9. The molecule has 0 bridgehead atoms. The topological polar surface area (TPSA) is 84.9 Å². The Morgan fingerprint density at radius 2 is 1.51 bits per heavy atom. The summed E-state index contributed by atoms with van der Waals surface area (Å²) in [5.41, 5.74) is 4.39. The predicted octanol–water partition coefficient (Wildman–Crippen LogP) is 4.94. The molecule has 7 heteroatoms. The van der Waals surface area contributed by atoms with E-state index in [1.54, 1.807) is 29.2 Å². The van der Waals surface area contributed by atoms with E-state index in [4.69, 9.17) is 9.47 Å². The maximum atomic E-state index is 12.6. The summed E-state index contributed by atoms with van der Waals surface area (Å²) in [6, 6.07) is 20.6. The highest BCUT2D eigenvalue weighted by Crippen LogP contribution is 2.29. The highest BCUT2D eigenvalue weighted by Gasteiger charge is 2.36. The van der Waals surface area contributed by atoms with E-state index in [0.717, 1.165) is 22.4 Å². The fraction of sp³-hybridized carbons (Fsp3) is 0.250. The SMILES string of the molecule is Cc1ccc(Oc2ccc(N3C[C@@H](C(=O)OCC(=O)Nc4c(C)cccc4C)CC3=O)cc2)cc1. The molecule has 1 fully saturated rings. The number of nitrogens with zero attached hydrogens (tertiary/aromatic N) is 1. The number of hydrogen-bond acceptors (Lipinski definition) is 5. The number of carbonyl (C=O) groups excluding carboxylic acids is 3. The van der Waals surface area contributed by atoms with Crippen molar-refractivity contribution in [2.75, 3.05) is 23.4 Å². The Balaban J connectivity index is 1.30. The molecule has 1 N–H and O–H groups in total. The van der Waals surface area contributed by atoms with E-state index in [1.807, 2.05) is 63.2 Å². The first-order valence-electron chi connectivity index (χ1n) is 11.5. The summed E-state index contributed by atoms with van der Waals surface area (Å²) >= 11 is 0. The normalized spacial score (nSPS) is 15.1. The summed E-state index contributed by atoms with van der Waals surface area (Å²) < 4.78 is 11.0. The van der Waals surface area contributed by atoms with Gasteiger partial charge in [-0.25, -0.2) is 0 Å². The molecule has 0 unspecified atom stereocenters. The molecule has 4 rings (SSSR count). The van der Waals surface area contributed by atoms with Crippen LogP contribution in [0.3, 0.4) is 0 Å². The van der Waals surface area contributed by atoms with Crippen LogP contribution < -0.4 is 15.0 Å². The number of anilines is 2. The Morgan fingerprint density at radius 3 is 2.14 bits per heavy atom. The molecule has 1 saturated heterocycles. The third-order valence-electron chi connectivity index (χ3n) is 5.95. The number of rotatable bonds is 7. The molecular formula is C28H28N2O5. The molecular weight excluding hydrogens is 444 g/mol. The maximum absolute atomic E-state index is 12.6. The second-order valence-electron chi connectivity index (χ2n) is 8.74. The van der Waals surface area contributed by atoms with Crippen molar-refractivity contribution in [3.05, 3.63) is 83.4 Å². The molecule has 180 valence electrons. The largest absolute Gasteiger partial charge is 0.457 e. The van der Waals surface area contributed by atoms with Crippen molar-refractivity contribution in [3.8, 4) is 11.5 Å². The van der Waals surface area contributed by atoms with E-state index in [2.05, 4.69) is 5.32 Å². The molecule has 0 aliphatic carbocycles. The van der Waals surface area contributed by atoms with Gasteiger partial charge in [-0.05, 0) is 68.3 Å². The zero-order valence-electron chi connectivity index (χ0n) is 20.0. The highest BCUT2D eigenvalue weighted by atomic mass is 16.5. The monoisotopic (exact) mass is 472 g/mol. The van der Waals surface area contributed by atoms with Crippen LogP contribution in [0.4, 0.5) is 11.4 Å². The predicted molar refractivity (Wildman–Crippen MR) is 134 cm³/mol. The quantitative estimate of drug-likeness (QED) is 0.493. The Hall–Kier alpha value is -4.13. The van der Waals surface area contributed by atoms with Crippen molar-refractivity contribution >= 4 is 29.2 Å². The van der Waals surface area contributed by atoms with Gasteiger partial charge in [0.1, 0.15) is 11.5 Å². The number of para-hydroxylation sites is 1. The molecule has 35 heavy (non-hydrogen) atoms. The Labute approximate surface area is 204 Å². The number of amides is 2. The second-order valence-corrected chi connectivity index (χ2v) is 8.74. The van der Waals surface area contributed by atoms with E-state index in [1.165, 1.54) is 0 Å². The number of esters is 1. The Morgan fingerprint density at radius 1 is 0.914 bits per heavy atom. The first kappa shape index (κ1) is 24.0. The van der Waals surface area contributed by atoms with Crippen LogP contribution in [-0.4, -0.2) is 30.9 Å². The molecule has 7 nitrogen and oxygen atoms in total. The van der Waals surface area contributed by atoms with Crippen molar-refractivity contribution in [1.29, 1.82) is 0 Å². The van der Waals surface area contributed by atoms with Gasteiger partial charge in [-0.1, -0.05) is 35.9 Å². The van der Waals surface area contributed by atoms with Gasteiger partial charge in [0.15, 0.2) is 6.61 Å². The molecule has 1 atom stereocenters. The molecule has 0 radical (unpaired) electrons. The minimum atomic E-state index is -0.626. The van der Waals surface area contributed by atoms with Crippen LogP contribution in [0.5, 0.6) is 11.5 Å². The molecule has 1 aliphatic rings. The number of benzene rings is 3. The number of carbonyl (C=O) groups is 3. The van der Waals surface area contributed by atoms with E-state index < -0.39 is 24.4 Å². The molecule has 1 heterocycles. The first-order chi connectivity index (χ1) is 16.8. The molecule has 0 aromatic heterocycles. The lowest BCUT2D eigenvalue weighted by Gasteiger charge is -2.17. The Kier molecular flexibility index (Phi) is 7.15. The van der Waals surface area contributed by atoms with Gasteiger partial charge in [-0.2, -0.15) is 0 Å². The lowest BCUT2D eigenvalue weighted by Crippen LogP contribution is -2.28. The van der Waals surface area contributed by atoms with Gasteiger partial charge >= 0.3 is 5.97 Å². The first-order valence-corrected chi connectivity index (χ1v) is 11.5. The number of hydrogen-bond donors (Lipinski definition) is 1. The van der Waals surface area contributed by atoms with Gasteiger partial charge in [0.05, 0.1) is 5.92 Å². The summed E-state index contributed by atoms with van der Waals surface area (Å²) in [5.74, 6) is -0.392. The van der Waals surface area contributed by atoms with Gasteiger partial charge in [-0.15, -0.1) is 0 Å². The molecule has 3 aromatic rings. The maximum Gasteiger partial charge on any atom is 0.311 e. The molecule has 3 aromatic carbocycles. The number of nitrogens with one attached hydrogen (secondary N) is 1. The average molecular weight is 473 g/mol. The van der Waals surface area contributed by atoms with Gasteiger partial charge < -0.3 is 19.7 Å². The summed E-state index contributed by atoms with van der Waals surface area (Å²) in [6.07, 6.45) is 0.0406. The van der Waals surface area contributed by atoms with Crippen molar-refractivity contribution in [3.63, 3.8) is 0 Å². The van der Waals surface area contributed by atoms with Crippen molar-refractivity contribution in [2.45, 2.75) is 27.2 Å². The van der Waals surface area contributed by atoms with Gasteiger partial charge in [0.25, 0.3) is 5.91 Å². The van der Waals surface area contributed by atoms with E-state index >= 15 is 0 Å². The Bertz CT molecular complexity index is 1210. The van der Waals surface area contributed by atoms with Crippen LogP contribution in [0.25, 0.3) is 0 Å². The second kappa shape index (κ2) is 10.4. The van der Waals surface area contributed by atoms with E-state index in [0.29, 0.717) is 17.1 Å². The summed E-state index contributed by atoms with van der Waals surface area (Å²) in [4.78, 5) is 38.9. The van der Waals surface area contributed by atoms with Crippen LogP contribution in [0.2, 0.25) is 0 Å². The molecule has 0 saturated carbocycles. The van der Waals surface area contributed by atoms with Gasteiger partial charge in [-0.3, -0.25) is 14.4 Å². The number of aryl methyl sites for hydroxylation is 3. The third-order valence-corrected chi connectivity index (χ3v) is 5.95. The van der Waals surface area contributed by atoms with Crippen molar-refractivity contribution in [2.24, 2.45) is 5.92 Å². The minimum absolute atomic E-state index is 0.0406. The van der Waals surface area contributed by atoms with Crippen LogP contribution in [-0.2, 0) is 19.1 Å². The van der Waals surface area contributed by atoms with Crippen LogP contribution in [0.1, 0.15) is 23.1 Å². The van der Waals surface area contributed by atoms with Gasteiger partial charge in [0, 0.05) is 24.3 Å². The number of ether oxygens (including phenoxy) is 2. The zero-order valence-corrected chi connectivity index (χ0v) is 20.0. The van der Waals surface area contributed by atoms with Gasteiger partial charge in [0.2, 0.25) is 5.91 Å². The summed E-state index contributed by atoms with van der Waals surface area (Å²) in [7, 11) is 0. The van der Waals surface area contributed by atoms with E-state index in [9.17, 15) is 14.4 Å². The van der Waals surface area contributed by atoms with Crippen molar-refractivity contribution < 1.29 is 23.9 Å². The summed E-state index contributed by atoms with van der Waals surface area (Å²) in [6.45, 7) is 5.61. The molecule has 0 spiro atoms. The fourth-order valence-electron chi connectivity index (χ4n) is 3.99. The highest BCUT2D eigenvalue weighted by molar-refractivity contribution is 6.00. The third kappa shape index (κ3) is 5.87. The van der Waals surface area contributed by atoms with Crippen LogP contribution in [0, 0.1) is 26.7 Å². The minimum Gasteiger partial charge on any atom is -0.457 e. The average Bonchev–Trinajstić information content (AvgIpc) is 3.23. The lowest BCUT2D eigenvalue weighted by atomic mass is 10.1.